The second-order valence-electron chi connectivity index (χ2n) is 4.94. The van der Waals surface area contributed by atoms with Crippen LogP contribution in [0.15, 0.2) is 30.3 Å². The average Bonchev–Trinajstić information content (AvgIpc) is 2.60. The van der Waals surface area contributed by atoms with Crippen molar-refractivity contribution in [3.8, 4) is 0 Å². The first-order chi connectivity index (χ1) is 8.84. The van der Waals surface area contributed by atoms with Gasteiger partial charge < -0.3 is 10.6 Å². The number of carbonyl (C=O) groups excluding carboxylic acids is 1. The van der Waals surface area contributed by atoms with Gasteiger partial charge in [0, 0.05) is 19.0 Å². The van der Waals surface area contributed by atoms with Gasteiger partial charge in [0.15, 0.2) is 0 Å². The predicted octanol–water partition coefficient (Wildman–Crippen LogP) is 1.88. The van der Waals surface area contributed by atoms with Gasteiger partial charge in [-0.3, -0.25) is 4.79 Å². The summed E-state index contributed by atoms with van der Waals surface area (Å²) in [6, 6.07) is 10.9. The Morgan fingerprint density at radius 1 is 1.28 bits per heavy atom. The molecule has 3 heteroatoms. The van der Waals surface area contributed by atoms with Gasteiger partial charge in [-0.2, -0.15) is 0 Å². The van der Waals surface area contributed by atoms with Gasteiger partial charge in [0.05, 0.1) is 0 Å². The molecule has 0 spiro atoms. The molecular formula is C15H22N2O. The number of rotatable bonds is 5. The van der Waals surface area contributed by atoms with Crippen LogP contribution in [0.25, 0.3) is 0 Å². The molecular weight excluding hydrogens is 224 g/mol. The van der Waals surface area contributed by atoms with Crippen LogP contribution >= 0.6 is 0 Å². The quantitative estimate of drug-likeness (QED) is 0.779. The van der Waals surface area contributed by atoms with Crippen molar-refractivity contribution in [1.29, 1.82) is 0 Å². The van der Waals surface area contributed by atoms with E-state index >= 15 is 0 Å². The number of aryl methyl sites for hydroxylation is 1. The van der Waals surface area contributed by atoms with E-state index in [-0.39, 0.29) is 5.91 Å². The predicted molar refractivity (Wildman–Crippen MR) is 73.4 cm³/mol. The summed E-state index contributed by atoms with van der Waals surface area (Å²) >= 11 is 0. The van der Waals surface area contributed by atoms with Crippen LogP contribution in [0.1, 0.15) is 31.2 Å². The van der Waals surface area contributed by atoms with E-state index in [9.17, 15) is 4.79 Å². The molecule has 2 rings (SSSR count). The lowest BCUT2D eigenvalue weighted by atomic mass is 10.1. The Balaban J connectivity index is 1.64. The van der Waals surface area contributed by atoms with Gasteiger partial charge in [-0.25, -0.2) is 0 Å². The summed E-state index contributed by atoms with van der Waals surface area (Å²) in [7, 11) is 0. The van der Waals surface area contributed by atoms with Crippen LogP contribution in [-0.2, 0) is 11.2 Å². The lowest BCUT2D eigenvalue weighted by Crippen LogP contribution is -2.33. The third kappa shape index (κ3) is 4.49. The molecule has 1 fully saturated rings. The first-order valence-electron chi connectivity index (χ1n) is 6.88. The van der Waals surface area contributed by atoms with Crippen molar-refractivity contribution >= 4 is 5.91 Å². The van der Waals surface area contributed by atoms with Crippen molar-refractivity contribution in [2.45, 2.75) is 38.1 Å². The van der Waals surface area contributed by atoms with E-state index in [1.807, 2.05) is 6.07 Å². The minimum atomic E-state index is 0.188. The Bertz CT molecular complexity index is 364. The molecule has 98 valence electrons. The molecule has 0 aromatic heterocycles. The Hall–Kier alpha value is -1.35. The highest BCUT2D eigenvalue weighted by atomic mass is 16.1. The molecule has 18 heavy (non-hydrogen) atoms. The number of carbonyl (C=O) groups is 1. The van der Waals surface area contributed by atoms with Gasteiger partial charge in [-0.1, -0.05) is 30.3 Å². The molecule has 2 N–H and O–H groups in total. The SMILES string of the molecule is O=C1CC(NCCCc2ccccc2)CCCN1. The summed E-state index contributed by atoms with van der Waals surface area (Å²) in [5.41, 5.74) is 1.39. The Labute approximate surface area is 109 Å². The molecule has 1 aromatic carbocycles. The van der Waals surface area contributed by atoms with E-state index in [4.69, 9.17) is 0 Å². The highest BCUT2D eigenvalue weighted by Crippen LogP contribution is 2.07. The zero-order valence-electron chi connectivity index (χ0n) is 10.8. The van der Waals surface area contributed by atoms with Gasteiger partial charge in [-0.15, -0.1) is 0 Å². The average molecular weight is 246 g/mol. The van der Waals surface area contributed by atoms with Gasteiger partial charge in [0.2, 0.25) is 5.91 Å². The fraction of sp³-hybridized carbons (Fsp3) is 0.533. The fourth-order valence-corrected chi connectivity index (χ4v) is 2.39. The van der Waals surface area contributed by atoms with E-state index < -0.39 is 0 Å². The van der Waals surface area contributed by atoms with Crippen molar-refractivity contribution in [2.75, 3.05) is 13.1 Å². The molecule has 1 heterocycles. The van der Waals surface area contributed by atoms with E-state index in [0.717, 1.165) is 38.8 Å². The molecule has 1 aromatic rings. The van der Waals surface area contributed by atoms with Crippen LogP contribution in [0, 0.1) is 0 Å². The summed E-state index contributed by atoms with van der Waals surface area (Å²) in [5, 5.41) is 6.41. The van der Waals surface area contributed by atoms with Crippen LogP contribution in [-0.4, -0.2) is 25.0 Å². The molecule has 1 atom stereocenters. The Kier molecular flexibility index (Phi) is 5.21. The second kappa shape index (κ2) is 7.17. The maximum atomic E-state index is 11.4. The highest BCUT2D eigenvalue weighted by Gasteiger charge is 2.15. The van der Waals surface area contributed by atoms with Crippen LogP contribution in [0.3, 0.4) is 0 Å². The molecule has 3 nitrogen and oxygen atoms in total. The Morgan fingerprint density at radius 2 is 2.11 bits per heavy atom. The number of nitrogens with one attached hydrogen (secondary N) is 2. The van der Waals surface area contributed by atoms with E-state index in [0.29, 0.717) is 12.5 Å². The van der Waals surface area contributed by atoms with Crippen LogP contribution < -0.4 is 10.6 Å². The Morgan fingerprint density at radius 3 is 2.94 bits per heavy atom. The smallest absolute Gasteiger partial charge is 0.221 e. The molecule has 0 saturated carbocycles. The number of amides is 1. The monoisotopic (exact) mass is 246 g/mol. The van der Waals surface area contributed by atoms with E-state index in [1.54, 1.807) is 0 Å². The summed E-state index contributed by atoms with van der Waals surface area (Å²) in [5.74, 6) is 0.188. The maximum Gasteiger partial charge on any atom is 0.221 e. The third-order valence-corrected chi connectivity index (χ3v) is 3.40. The molecule has 1 saturated heterocycles. The standard InChI is InChI=1S/C15H22N2O/c18-15-12-14(9-5-11-17-15)16-10-4-8-13-6-2-1-3-7-13/h1-3,6-7,14,16H,4-5,8-12H2,(H,17,18). The summed E-state index contributed by atoms with van der Waals surface area (Å²) in [6.45, 7) is 1.83. The van der Waals surface area contributed by atoms with Crippen molar-refractivity contribution in [3.63, 3.8) is 0 Å². The number of hydrogen-bond acceptors (Lipinski definition) is 2. The zero-order chi connectivity index (χ0) is 12.6. The van der Waals surface area contributed by atoms with Crippen LogP contribution in [0.2, 0.25) is 0 Å². The zero-order valence-corrected chi connectivity index (χ0v) is 10.8. The molecule has 1 amide bonds. The number of hydrogen-bond donors (Lipinski definition) is 2. The topological polar surface area (TPSA) is 41.1 Å². The van der Waals surface area contributed by atoms with E-state index in [1.165, 1.54) is 5.56 Å². The number of benzene rings is 1. The van der Waals surface area contributed by atoms with Crippen molar-refractivity contribution in [2.24, 2.45) is 0 Å². The first kappa shape index (κ1) is 13.1. The first-order valence-corrected chi connectivity index (χ1v) is 6.88. The lowest BCUT2D eigenvalue weighted by molar-refractivity contribution is -0.121. The second-order valence-corrected chi connectivity index (χ2v) is 4.94. The van der Waals surface area contributed by atoms with E-state index in [2.05, 4.69) is 34.9 Å². The largest absolute Gasteiger partial charge is 0.356 e. The van der Waals surface area contributed by atoms with Crippen molar-refractivity contribution in [1.82, 2.24) is 10.6 Å². The van der Waals surface area contributed by atoms with Crippen LogP contribution in [0.5, 0.6) is 0 Å². The van der Waals surface area contributed by atoms with Crippen molar-refractivity contribution < 1.29 is 4.79 Å². The van der Waals surface area contributed by atoms with Gasteiger partial charge in [-0.05, 0) is 37.8 Å². The molecule has 1 aliphatic rings. The minimum absolute atomic E-state index is 0.188. The fourth-order valence-electron chi connectivity index (χ4n) is 2.39. The maximum absolute atomic E-state index is 11.4. The highest BCUT2D eigenvalue weighted by molar-refractivity contribution is 5.76. The summed E-state index contributed by atoms with van der Waals surface area (Å²) < 4.78 is 0. The summed E-state index contributed by atoms with van der Waals surface area (Å²) in [6.07, 6.45) is 5.05. The molecule has 1 aliphatic heterocycles. The van der Waals surface area contributed by atoms with Gasteiger partial charge in [0.1, 0.15) is 0 Å². The molecule has 0 bridgehead atoms. The van der Waals surface area contributed by atoms with Gasteiger partial charge in [0.25, 0.3) is 0 Å². The van der Waals surface area contributed by atoms with Crippen molar-refractivity contribution in [3.05, 3.63) is 35.9 Å². The lowest BCUT2D eigenvalue weighted by Gasteiger charge is -2.14. The molecule has 0 aliphatic carbocycles. The molecule has 1 unspecified atom stereocenters. The molecule has 0 radical (unpaired) electrons. The third-order valence-electron chi connectivity index (χ3n) is 3.40. The minimum Gasteiger partial charge on any atom is -0.356 e. The van der Waals surface area contributed by atoms with Gasteiger partial charge >= 0.3 is 0 Å². The van der Waals surface area contributed by atoms with Crippen LogP contribution in [0.4, 0.5) is 0 Å². The summed E-state index contributed by atoms with van der Waals surface area (Å²) in [4.78, 5) is 11.4. The normalized spacial score (nSPS) is 20.2.